The molecule has 5 rings (SSSR count). The van der Waals surface area contributed by atoms with Crippen LogP contribution < -0.4 is 10.6 Å². The van der Waals surface area contributed by atoms with Gasteiger partial charge in [-0.05, 0) is 70.0 Å². The average Bonchev–Trinajstić information content (AvgIpc) is 3.41. The molecule has 3 heterocycles. The molecule has 4 aromatic rings. The van der Waals surface area contributed by atoms with E-state index >= 15 is 0 Å². The molecule has 1 amide bonds. The third-order valence-electron chi connectivity index (χ3n) is 6.88. The second kappa shape index (κ2) is 13.1. The van der Waals surface area contributed by atoms with Crippen LogP contribution in [0.1, 0.15) is 33.3 Å². The Bertz CT molecular complexity index is 1490. The van der Waals surface area contributed by atoms with Gasteiger partial charge in [-0.2, -0.15) is 5.10 Å². The Labute approximate surface area is 247 Å². The molecule has 10 heteroatoms. The van der Waals surface area contributed by atoms with Crippen LogP contribution in [0, 0.1) is 0 Å². The zero-order valence-corrected chi connectivity index (χ0v) is 24.8. The first-order valence-corrected chi connectivity index (χ1v) is 14.4. The first kappa shape index (κ1) is 29.2. The minimum Gasteiger partial charge on any atom is -0.444 e. The lowest BCUT2D eigenvalue weighted by Crippen LogP contribution is -2.37. The molecule has 2 aromatic heterocycles. The molecule has 0 aliphatic carbocycles. The van der Waals surface area contributed by atoms with E-state index in [9.17, 15) is 4.79 Å². The number of hydrogen-bond acceptors (Lipinski definition) is 8. The number of ether oxygens (including phenoxy) is 2. The molecule has 2 N–H and O–H groups in total. The number of nitrogens with zero attached hydrogens (tertiary/aromatic N) is 5. The van der Waals surface area contributed by atoms with Crippen LogP contribution in [0.4, 0.5) is 22.1 Å². The molecular weight excluding hydrogens is 530 g/mol. The minimum absolute atomic E-state index is 0.488. The lowest BCUT2D eigenvalue weighted by molar-refractivity contribution is 0.0384. The quantitative estimate of drug-likeness (QED) is 0.253. The van der Waals surface area contributed by atoms with Crippen molar-refractivity contribution in [3.05, 3.63) is 72.6 Å². The molecule has 220 valence electrons. The predicted octanol–water partition coefficient (Wildman–Crippen LogP) is 5.99. The summed E-state index contributed by atoms with van der Waals surface area (Å²) in [5.74, 6) is 0.518. The summed E-state index contributed by atoms with van der Waals surface area (Å²) in [6, 6.07) is 17.9. The molecule has 1 aliphatic rings. The van der Waals surface area contributed by atoms with Gasteiger partial charge in [0, 0.05) is 54.9 Å². The Morgan fingerprint density at radius 2 is 1.83 bits per heavy atom. The number of hydrogen-bond donors (Lipinski definition) is 2. The molecule has 0 radical (unpaired) electrons. The van der Waals surface area contributed by atoms with Gasteiger partial charge < -0.3 is 14.8 Å². The summed E-state index contributed by atoms with van der Waals surface area (Å²) in [6.07, 6.45) is 4.08. The van der Waals surface area contributed by atoms with E-state index in [0.717, 1.165) is 67.5 Å². The number of nitrogens with one attached hydrogen (secondary N) is 2. The van der Waals surface area contributed by atoms with Crippen molar-refractivity contribution < 1.29 is 14.3 Å². The van der Waals surface area contributed by atoms with Gasteiger partial charge in [0.15, 0.2) is 0 Å². The van der Waals surface area contributed by atoms with E-state index in [0.29, 0.717) is 18.2 Å². The summed E-state index contributed by atoms with van der Waals surface area (Å²) in [4.78, 5) is 23.9. The number of rotatable bonds is 9. The third-order valence-corrected chi connectivity index (χ3v) is 6.88. The standard InChI is InChI=1S/C32H39N7O3/c1-5-39-29(24-9-11-25(12-10-24)36-31(40)42-32(2,3)4)27(22-34-39)28-13-15-33-30(37-28)35-26-8-6-7-23(21-26)14-16-38-17-19-41-20-18-38/h6-13,15,21-22H,5,14,16-20H2,1-4H3,(H,36,40)(H,33,35,37). The SMILES string of the molecule is CCn1ncc(-c2ccnc(Nc3cccc(CCN4CCOCC4)c3)n2)c1-c1ccc(NC(=O)OC(C)(C)C)cc1. The van der Waals surface area contributed by atoms with E-state index in [-0.39, 0.29) is 0 Å². The van der Waals surface area contributed by atoms with Crippen molar-refractivity contribution >= 4 is 23.4 Å². The van der Waals surface area contributed by atoms with Crippen LogP contribution in [-0.2, 0) is 22.4 Å². The van der Waals surface area contributed by atoms with Crippen molar-refractivity contribution in [1.29, 1.82) is 0 Å². The maximum atomic E-state index is 12.2. The van der Waals surface area contributed by atoms with E-state index in [2.05, 4.69) is 50.7 Å². The molecule has 2 aromatic carbocycles. The fourth-order valence-electron chi connectivity index (χ4n) is 4.86. The fourth-order valence-corrected chi connectivity index (χ4v) is 4.86. The molecule has 0 unspecified atom stereocenters. The molecular formula is C32H39N7O3. The van der Waals surface area contributed by atoms with Crippen LogP contribution in [0.15, 0.2) is 67.0 Å². The normalized spacial score (nSPS) is 14.0. The second-order valence-corrected chi connectivity index (χ2v) is 11.2. The van der Waals surface area contributed by atoms with Gasteiger partial charge in [0.25, 0.3) is 0 Å². The van der Waals surface area contributed by atoms with Crippen molar-refractivity contribution in [3.63, 3.8) is 0 Å². The van der Waals surface area contributed by atoms with Crippen LogP contribution in [-0.4, -0.2) is 69.2 Å². The highest BCUT2D eigenvalue weighted by atomic mass is 16.6. The van der Waals surface area contributed by atoms with E-state index in [1.807, 2.05) is 68.0 Å². The van der Waals surface area contributed by atoms with Gasteiger partial charge in [0.05, 0.1) is 30.8 Å². The van der Waals surface area contributed by atoms with Gasteiger partial charge >= 0.3 is 6.09 Å². The summed E-state index contributed by atoms with van der Waals surface area (Å²) in [5.41, 5.74) is 5.86. The van der Waals surface area contributed by atoms with Crippen molar-refractivity contribution in [2.75, 3.05) is 43.5 Å². The Kier molecular flexibility index (Phi) is 9.14. The van der Waals surface area contributed by atoms with Gasteiger partial charge in [-0.3, -0.25) is 14.9 Å². The van der Waals surface area contributed by atoms with Crippen LogP contribution in [0.5, 0.6) is 0 Å². The Morgan fingerprint density at radius 1 is 1.05 bits per heavy atom. The predicted molar refractivity (Wildman–Crippen MR) is 165 cm³/mol. The van der Waals surface area contributed by atoms with Gasteiger partial charge in [0.2, 0.25) is 5.95 Å². The summed E-state index contributed by atoms with van der Waals surface area (Å²) < 4.78 is 12.8. The highest BCUT2D eigenvalue weighted by Gasteiger charge is 2.18. The maximum absolute atomic E-state index is 12.2. The molecule has 42 heavy (non-hydrogen) atoms. The number of amides is 1. The number of aryl methyl sites for hydroxylation is 1. The van der Waals surface area contributed by atoms with Crippen LogP contribution in [0.2, 0.25) is 0 Å². The topological polar surface area (TPSA) is 106 Å². The molecule has 0 spiro atoms. The second-order valence-electron chi connectivity index (χ2n) is 11.2. The summed E-state index contributed by atoms with van der Waals surface area (Å²) in [5, 5.41) is 10.8. The summed E-state index contributed by atoms with van der Waals surface area (Å²) in [7, 11) is 0. The monoisotopic (exact) mass is 569 g/mol. The molecule has 1 aliphatic heterocycles. The van der Waals surface area contributed by atoms with Crippen molar-refractivity contribution in [1.82, 2.24) is 24.6 Å². The van der Waals surface area contributed by atoms with Crippen LogP contribution in [0.3, 0.4) is 0 Å². The first-order chi connectivity index (χ1) is 20.3. The molecule has 1 fully saturated rings. The number of aromatic nitrogens is 4. The number of carbonyl (C=O) groups is 1. The third kappa shape index (κ3) is 7.71. The molecule has 0 bridgehead atoms. The number of anilines is 3. The zero-order valence-electron chi connectivity index (χ0n) is 24.8. The summed E-state index contributed by atoms with van der Waals surface area (Å²) >= 11 is 0. The lowest BCUT2D eigenvalue weighted by Gasteiger charge is -2.26. The highest BCUT2D eigenvalue weighted by molar-refractivity contribution is 5.86. The van der Waals surface area contributed by atoms with Crippen molar-refractivity contribution in [3.8, 4) is 22.5 Å². The smallest absolute Gasteiger partial charge is 0.412 e. The zero-order chi connectivity index (χ0) is 29.5. The summed E-state index contributed by atoms with van der Waals surface area (Å²) in [6.45, 7) is 12.9. The molecule has 0 saturated carbocycles. The molecule has 10 nitrogen and oxygen atoms in total. The molecule has 1 saturated heterocycles. The largest absolute Gasteiger partial charge is 0.444 e. The van der Waals surface area contributed by atoms with Gasteiger partial charge in [-0.25, -0.2) is 14.8 Å². The van der Waals surface area contributed by atoms with Gasteiger partial charge in [0.1, 0.15) is 5.60 Å². The fraction of sp³-hybridized carbons (Fsp3) is 0.375. The van der Waals surface area contributed by atoms with E-state index in [1.165, 1.54) is 5.56 Å². The Morgan fingerprint density at radius 3 is 2.57 bits per heavy atom. The van der Waals surface area contributed by atoms with Crippen molar-refractivity contribution in [2.45, 2.75) is 46.3 Å². The number of benzene rings is 2. The first-order valence-electron chi connectivity index (χ1n) is 14.4. The maximum Gasteiger partial charge on any atom is 0.412 e. The van der Waals surface area contributed by atoms with Crippen LogP contribution in [0.25, 0.3) is 22.5 Å². The number of carbonyl (C=O) groups excluding carboxylic acids is 1. The van der Waals surface area contributed by atoms with E-state index < -0.39 is 11.7 Å². The lowest BCUT2D eigenvalue weighted by atomic mass is 10.0. The minimum atomic E-state index is -0.566. The van der Waals surface area contributed by atoms with Crippen LogP contribution >= 0.6 is 0 Å². The average molecular weight is 570 g/mol. The van der Waals surface area contributed by atoms with E-state index in [1.54, 1.807) is 6.20 Å². The Balaban J connectivity index is 1.31. The van der Waals surface area contributed by atoms with Crippen molar-refractivity contribution in [2.24, 2.45) is 0 Å². The highest BCUT2D eigenvalue weighted by Crippen LogP contribution is 2.32. The number of morpholine rings is 1. The van der Waals surface area contributed by atoms with Gasteiger partial charge in [-0.15, -0.1) is 0 Å². The Hall–Kier alpha value is -4.28. The molecule has 0 atom stereocenters. The van der Waals surface area contributed by atoms with E-state index in [4.69, 9.17) is 14.5 Å². The van der Waals surface area contributed by atoms with Gasteiger partial charge in [-0.1, -0.05) is 24.3 Å².